The van der Waals surface area contributed by atoms with Crippen molar-refractivity contribution in [3.63, 3.8) is 0 Å². The fraction of sp³-hybridized carbons (Fsp3) is 0. The quantitative estimate of drug-likeness (QED) is 0.160. The average molecular weight is 828 g/mol. The van der Waals surface area contributed by atoms with Crippen LogP contribution >= 0.6 is 22.7 Å². The van der Waals surface area contributed by atoms with E-state index in [1.54, 1.807) is 22.7 Å². The number of hydrogen-bond acceptors (Lipinski definition) is 7. The summed E-state index contributed by atoms with van der Waals surface area (Å²) in [4.78, 5) is 25.6. The lowest BCUT2D eigenvalue weighted by atomic mass is 9.99. The summed E-state index contributed by atoms with van der Waals surface area (Å²) in [5.41, 5.74) is 11.5. The summed E-state index contributed by atoms with van der Waals surface area (Å²) in [6, 6.07) is 69.9. The Balaban J connectivity index is 0.951. The van der Waals surface area contributed by atoms with Crippen molar-refractivity contribution in [1.29, 1.82) is 0 Å². The second-order valence-corrected chi connectivity index (χ2v) is 17.4. The van der Waals surface area contributed by atoms with Gasteiger partial charge in [-0.2, -0.15) is 0 Å². The highest BCUT2D eigenvalue weighted by molar-refractivity contribution is 7.26. The van der Waals surface area contributed by atoms with Crippen molar-refractivity contribution in [2.24, 2.45) is 0 Å². The summed E-state index contributed by atoms with van der Waals surface area (Å²) in [6.45, 7) is 0. The van der Waals surface area contributed by atoms with Crippen molar-refractivity contribution >= 4 is 63.1 Å². The van der Waals surface area contributed by atoms with Crippen LogP contribution in [0.4, 0.5) is 0 Å². The highest BCUT2D eigenvalue weighted by atomic mass is 32.1. The van der Waals surface area contributed by atoms with Crippen LogP contribution in [0.15, 0.2) is 200 Å². The fourth-order valence-electron chi connectivity index (χ4n) is 8.30. The molecule has 8 aromatic carbocycles. The van der Waals surface area contributed by atoms with Gasteiger partial charge in [0.25, 0.3) is 0 Å². The molecule has 0 saturated carbocycles. The van der Waals surface area contributed by atoms with Gasteiger partial charge in [0, 0.05) is 58.1 Å². The number of fused-ring (bicyclic) bond motifs is 6. The van der Waals surface area contributed by atoms with Gasteiger partial charge in [-0.1, -0.05) is 176 Å². The first-order valence-electron chi connectivity index (χ1n) is 20.5. The topological polar surface area (TPSA) is 64.5 Å². The SMILES string of the molecule is c1ccc(-c2ccc(-c3nc(-c4ccc(-c5ccc6sc7cccc(-c8nc(-c9ccccc9)nc(-c9ccccc9)n8)c7c6c5)cc4)c4sc5ccccc5c4n3)cc2)cc1. The van der Waals surface area contributed by atoms with E-state index in [0.29, 0.717) is 17.5 Å². The summed E-state index contributed by atoms with van der Waals surface area (Å²) in [5, 5.41) is 3.47. The molecule has 12 aromatic rings. The van der Waals surface area contributed by atoms with Crippen molar-refractivity contribution in [2.75, 3.05) is 0 Å². The summed E-state index contributed by atoms with van der Waals surface area (Å²) < 4.78 is 4.69. The number of benzene rings is 8. The van der Waals surface area contributed by atoms with Gasteiger partial charge < -0.3 is 0 Å². The second-order valence-electron chi connectivity index (χ2n) is 15.2. The van der Waals surface area contributed by atoms with Gasteiger partial charge in [-0.25, -0.2) is 24.9 Å². The van der Waals surface area contributed by atoms with Crippen LogP contribution in [-0.2, 0) is 0 Å². The number of hydrogen-bond donors (Lipinski definition) is 0. The molecule has 0 bridgehead atoms. The highest BCUT2D eigenvalue weighted by Crippen LogP contribution is 2.43. The van der Waals surface area contributed by atoms with E-state index in [0.717, 1.165) is 77.0 Å². The number of thiophene rings is 2. The maximum atomic E-state index is 5.28. The Morgan fingerprint density at radius 1 is 0.290 bits per heavy atom. The molecule has 4 aromatic heterocycles. The lowest BCUT2D eigenvalue weighted by Gasteiger charge is -2.10. The van der Waals surface area contributed by atoms with Gasteiger partial charge in [-0.15, -0.1) is 22.7 Å². The van der Waals surface area contributed by atoms with E-state index in [2.05, 4.69) is 133 Å². The summed E-state index contributed by atoms with van der Waals surface area (Å²) >= 11 is 3.54. The van der Waals surface area contributed by atoms with Crippen LogP contribution in [0.5, 0.6) is 0 Å². The van der Waals surface area contributed by atoms with Crippen LogP contribution in [0.25, 0.3) is 120 Å². The van der Waals surface area contributed by atoms with Gasteiger partial charge in [0.05, 0.1) is 15.9 Å². The van der Waals surface area contributed by atoms with Crippen LogP contribution < -0.4 is 0 Å². The zero-order valence-electron chi connectivity index (χ0n) is 33.1. The lowest BCUT2D eigenvalue weighted by Crippen LogP contribution is -2.00. The van der Waals surface area contributed by atoms with Crippen LogP contribution in [0.1, 0.15) is 0 Å². The minimum atomic E-state index is 0.650. The van der Waals surface area contributed by atoms with Gasteiger partial charge in [0.15, 0.2) is 23.3 Å². The smallest absolute Gasteiger partial charge is 0.164 e. The van der Waals surface area contributed by atoms with Crippen molar-refractivity contribution in [3.05, 3.63) is 200 Å². The first kappa shape index (κ1) is 36.2. The Hall–Kier alpha value is -7.71. The summed E-state index contributed by atoms with van der Waals surface area (Å²) in [6.07, 6.45) is 0. The van der Waals surface area contributed by atoms with Gasteiger partial charge in [-0.3, -0.25) is 0 Å². The molecule has 0 unspecified atom stereocenters. The Morgan fingerprint density at radius 3 is 1.47 bits per heavy atom. The van der Waals surface area contributed by atoms with Gasteiger partial charge in [-0.05, 0) is 46.5 Å². The number of aromatic nitrogens is 5. The van der Waals surface area contributed by atoms with E-state index in [9.17, 15) is 0 Å². The normalized spacial score (nSPS) is 11.5. The highest BCUT2D eigenvalue weighted by Gasteiger charge is 2.19. The Bertz CT molecular complexity index is 3550. The van der Waals surface area contributed by atoms with E-state index in [-0.39, 0.29) is 0 Å². The third-order valence-corrected chi connectivity index (χ3v) is 13.7. The maximum Gasteiger partial charge on any atom is 0.164 e. The predicted molar refractivity (Wildman–Crippen MR) is 259 cm³/mol. The van der Waals surface area contributed by atoms with E-state index in [1.807, 2.05) is 66.7 Å². The molecular formula is C55H33N5S2. The van der Waals surface area contributed by atoms with Gasteiger partial charge in [0.2, 0.25) is 0 Å². The van der Waals surface area contributed by atoms with Crippen LogP contribution in [0.3, 0.4) is 0 Å². The standard InChI is InChI=1S/C55H33N5S2/c1-4-13-34(14-5-1)35-25-29-40(30-26-35)52-56-49(51-50(57-52)42-19-10-11-21-45(42)62-51)37-27-23-36(24-28-37)41-31-32-46-44(33-41)48-43(20-12-22-47(48)61-46)55-59-53(38-15-6-2-7-16-38)58-54(60-55)39-17-8-3-9-18-39/h1-33H. The molecule has 0 amide bonds. The number of nitrogens with zero attached hydrogens (tertiary/aromatic N) is 5. The van der Waals surface area contributed by atoms with E-state index in [4.69, 9.17) is 24.9 Å². The monoisotopic (exact) mass is 827 g/mol. The molecule has 0 aliphatic carbocycles. The molecule has 0 radical (unpaired) electrons. The number of rotatable bonds is 7. The molecule has 0 N–H and O–H groups in total. The second kappa shape index (κ2) is 15.1. The molecule has 0 spiro atoms. The first-order chi connectivity index (χ1) is 30.7. The predicted octanol–water partition coefficient (Wildman–Crippen LogP) is 15.1. The molecule has 12 rings (SSSR count). The van der Waals surface area contributed by atoms with E-state index < -0.39 is 0 Å². The molecule has 0 aliphatic rings. The van der Waals surface area contributed by atoms with Crippen LogP contribution in [0.2, 0.25) is 0 Å². The first-order valence-corrected chi connectivity index (χ1v) is 22.1. The third kappa shape index (κ3) is 6.43. The van der Waals surface area contributed by atoms with Gasteiger partial charge >= 0.3 is 0 Å². The zero-order valence-corrected chi connectivity index (χ0v) is 34.7. The van der Waals surface area contributed by atoms with E-state index >= 15 is 0 Å². The molecular weight excluding hydrogens is 795 g/mol. The fourth-order valence-corrected chi connectivity index (χ4v) is 10.6. The summed E-state index contributed by atoms with van der Waals surface area (Å²) in [5.74, 6) is 2.67. The zero-order chi connectivity index (χ0) is 41.0. The molecule has 4 heterocycles. The Labute approximate surface area is 365 Å². The van der Waals surface area contributed by atoms with Gasteiger partial charge in [0.1, 0.15) is 0 Å². The Morgan fingerprint density at radius 2 is 0.774 bits per heavy atom. The molecule has 290 valence electrons. The molecule has 0 saturated heterocycles. The van der Waals surface area contributed by atoms with E-state index in [1.165, 1.54) is 25.0 Å². The molecule has 62 heavy (non-hydrogen) atoms. The largest absolute Gasteiger partial charge is 0.226 e. The molecule has 7 heteroatoms. The molecule has 0 fully saturated rings. The average Bonchev–Trinajstić information content (AvgIpc) is 3.93. The van der Waals surface area contributed by atoms with Crippen LogP contribution in [0, 0.1) is 0 Å². The maximum absolute atomic E-state index is 5.28. The molecule has 0 aliphatic heterocycles. The lowest BCUT2D eigenvalue weighted by molar-refractivity contribution is 1.08. The third-order valence-electron chi connectivity index (χ3n) is 11.4. The molecule has 0 atom stereocenters. The minimum Gasteiger partial charge on any atom is -0.226 e. The van der Waals surface area contributed by atoms with Crippen LogP contribution in [-0.4, -0.2) is 24.9 Å². The Kier molecular flexibility index (Phi) is 8.80. The van der Waals surface area contributed by atoms with Crippen molar-refractivity contribution in [3.8, 4) is 79.1 Å². The molecule has 5 nitrogen and oxygen atoms in total. The minimum absolute atomic E-state index is 0.650. The summed E-state index contributed by atoms with van der Waals surface area (Å²) in [7, 11) is 0. The van der Waals surface area contributed by atoms with Crippen molar-refractivity contribution in [1.82, 2.24) is 24.9 Å². The van der Waals surface area contributed by atoms with Crippen molar-refractivity contribution in [2.45, 2.75) is 0 Å². The van der Waals surface area contributed by atoms with Crippen molar-refractivity contribution < 1.29 is 0 Å².